The van der Waals surface area contributed by atoms with Gasteiger partial charge in [-0.25, -0.2) is 0 Å². The molecule has 0 saturated carbocycles. The Morgan fingerprint density at radius 1 is 0.254 bits per heavy atom. The van der Waals surface area contributed by atoms with Gasteiger partial charge in [0.05, 0.1) is 16.4 Å². The van der Waals surface area contributed by atoms with Crippen molar-refractivity contribution in [3.05, 3.63) is 236 Å². The Morgan fingerprint density at radius 3 is 1.02 bits per heavy atom. The van der Waals surface area contributed by atoms with E-state index in [9.17, 15) is 16.4 Å². The van der Waals surface area contributed by atoms with Crippen LogP contribution in [0.5, 0.6) is 0 Å². The smallest absolute Gasteiger partial charge is 0.0645 e. The maximum absolute atomic E-state index is 9.80. The Hall–Kier alpha value is -7.74. The van der Waals surface area contributed by atoms with E-state index < -0.39 is 89.6 Å². The van der Waals surface area contributed by atoms with Crippen molar-refractivity contribution < 1.29 is 16.4 Å². The zero-order valence-electron chi connectivity index (χ0n) is 43.5. The molecule has 0 radical (unpaired) electrons. The van der Waals surface area contributed by atoms with Crippen LogP contribution in [-0.4, -0.2) is 0 Å². The number of anilines is 3. The summed E-state index contributed by atoms with van der Waals surface area (Å²) in [5, 5.41) is 6.41. The molecule has 59 heavy (non-hydrogen) atoms. The van der Waals surface area contributed by atoms with Crippen molar-refractivity contribution in [3.8, 4) is 44.5 Å². The molecule has 11 aromatic rings. The lowest BCUT2D eigenvalue weighted by Crippen LogP contribution is -2.09. The van der Waals surface area contributed by atoms with E-state index in [4.69, 9.17) is 0 Å². The summed E-state index contributed by atoms with van der Waals surface area (Å²) < 4.78 is 117. The molecule has 0 fully saturated rings. The number of hydrogen-bond acceptors (Lipinski definition) is 1. The summed E-state index contributed by atoms with van der Waals surface area (Å²) in [7, 11) is 0. The number of benzene rings is 11. The van der Waals surface area contributed by atoms with Crippen molar-refractivity contribution in [1.29, 1.82) is 0 Å². The van der Waals surface area contributed by atoms with Crippen LogP contribution in [0, 0.1) is 0 Å². The van der Waals surface area contributed by atoms with E-state index in [1.54, 1.807) is 18.2 Å². The summed E-state index contributed by atoms with van der Waals surface area (Å²) in [5.74, 6) is 0. The Labute approximate surface area is 361 Å². The Kier molecular flexibility index (Phi) is 5.99. The summed E-state index contributed by atoms with van der Waals surface area (Å²) >= 11 is 0. The van der Waals surface area contributed by atoms with Crippen LogP contribution in [0.1, 0.15) is 16.4 Å². The molecule has 0 spiro atoms. The highest BCUT2D eigenvalue weighted by atomic mass is 15.1. The van der Waals surface area contributed by atoms with E-state index in [1.807, 2.05) is 146 Å². The van der Waals surface area contributed by atoms with Gasteiger partial charge in [0, 0.05) is 17.1 Å². The first-order chi connectivity index (χ1) is 34.3. The van der Waals surface area contributed by atoms with Crippen molar-refractivity contribution >= 4 is 60.2 Å². The second kappa shape index (κ2) is 14.6. The van der Waals surface area contributed by atoms with Gasteiger partial charge in [-0.3, -0.25) is 0 Å². The highest BCUT2D eigenvalue weighted by Crippen LogP contribution is 2.42. The summed E-state index contributed by atoms with van der Waals surface area (Å²) in [6.07, 6.45) is 0. The van der Waals surface area contributed by atoms with E-state index in [-0.39, 0.29) is 16.7 Å². The molecule has 1 heteroatoms. The Balaban J connectivity index is 1.22. The van der Waals surface area contributed by atoms with Crippen molar-refractivity contribution in [2.75, 3.05) is 4.90 Å². The molecule has 276 valence electrons. The average Bonchev–Trinajstić information content (AvgIpc) is 3.40. The molecule has 0 amide bonds. The molecule has 1 nitrogen and oxygen atoms in total. The third kappa shape index (κ3) is 6.21. The second-order valence-electron chi connectivity index (χ2n) is 14.3. The van der Waals surface area contributed by atoms with E-state index in [1.165, 1.54) is 0 Å². The standard InChI is InChI=1S/C58H39N/c1-2-14-40(15-3-1)49-18-8-9-19-50(49)41-26-32-46(33-27-41)59(47-34-28-42(29-35-47)57-38-44-16-4-6-20-51(44)53-22-10-12-24-55(53)57)48-36-30-43(31-37-48)58-39-45-17-5-7-21-52(45)54-23-11-13-25-56(54)58/h1-39H/i26D,27D,28D,29D,30D,31D,32D,33D,34D,35D,36D,37D. The van der Waals surface area contributed by atoms with Gasteiger partial charge in [0.2, 0.25) is 0 Å². The number of fused-ring (bicyclic) bond motifs is 6. The Morgan fingerprint density at radius 2 is 0.576 bits per heavy atom. The fourth-order valence-electron chi connectivity index (χ4n) is 8.09. The molecule has 11 rings (SSSR count). The highest BCUT2D eigenvalue weighted by molar-refractivity contribution is 6.15. The topological polar surface area (TPSA) is 3.24 Å². The third-order valence-corrected chi connectivity index (χ3v) is 10.9. The van der Waals surface area contributed by atoms with Gasteiger partial charge < -0.3 is 4.90 Å². The molecule has 0 heterocycles. The molecule has 0 aliphatic rings. The van der Waals surface area contributed by atoms with Crippen LogP contribution in [0.2, 0.25) is 0 Å². The predicted octanol–water partition coefficient (Wildman–Crippen LogP) is 16.4. The third-order valence-electron chi connectivity index (χ3n) is 10.9. The van der Waals surface area contributed by atoms with Crippen LogP contribution in [-0.2, 0) is 0 Å². The maximum Gasteiger partial charge on any atom is 0.0645 e. The molecule has 0 aliphatic carbocycles. The van der Waals surface area contributed by atoms with Crippen LogP contribution < -0.4 is 4.90 Å². The van der Waals surface area contributed by atoms with Crippen LogP contribution in [0.4, 0.5) is 17.1 Å². The van der Waals surface area contributed by atoms with Crippen molar-refractivity contribution in [3.63, 3.8) is 0 Å². The quantitative estimate of drug-likeness (QED) is 0.146. The van der Waals surface area contributed by atoms with Gasteiger partial charge in [-0.1, -0.05) is 188 Å². The van der Waals surface area contributed by atoms with E-state index in [0.717, 1.165) is 42.8 Å². The minimum atomic E-state index is -0.674. The molecule has 0 aliphatic heterocycles. The molecule has 0 atom stereocenters. The van der Waals surface area contributed by atoms with Gasteiger partial charge in [0.15, 0.2) is 0 Å². The van der Waals surface area contributed by atoms with Crippen molar-refractivity contribution in [2.45, 2.75) is 0 Å². The minimum Gasteiger partial charge on any atom is -0.311 e. The lowest BCUT2D eigenvalue weighted by molar-refractivity contribution is 1.28. The van der Waals surface area contributed by atoms with Gasteiger partial charge in [-0.05, 0) is 136 Å². The van der Waals surface area contributed by atoms with Gasteiger partial charge in [0.1, 0.15) is 0 Å². The van der Waals surface area contributed by atoms with Crippen LogP contribution in [0.25, 0.3) is 87.6 Å². The SMILES string of the molecule is [2H]c1c([2H])c(N(c2c([2H])c([2H])c(-c3cc4ccccc4c4ccccc34)c([2H])c2[2H])c2c([2H])c([2H])c(-c3cc4ccccc4c4ccccc34)c([2H])c2[2H])c([2H])c([2H])c1-c1ccccc1-c1ccccc1. The normalized spacial score (nSPS) is 14.2. The molecule has 0 unspecified atom stereocenters. The van der Waals surface area contributed by atoms with E-state index in [2.05, 4.69) is 0 Å². The lowest BCUT2D eigenvalue weighted by atomic mass is 9.93. The fraction of sp³-hybridized carbons (Fsp3) is 0. The number of hydrogen-bond donors (Lipinski definition) is 0. The largest absolute Gasteiger partial charge is 0.311 e. The molecule has 0 aromatic heterocycles. The van der Waals surface area contributed by atoms with Gasteiger partial charge in [0.25, 0.3) is 0 Å². The summed E-state index contributed by atoms with van der Waals surface area (Å²) in [6, 6.07) is 43.1. The van der Waals surface area contributed by atoms with Crippen LogP contribution >= 0.6 is 0 Å². The zero-order valence-corrected chi connectivity index (χ0v) is 31.5. The molecule has 0 bridgehead atoms. The molecule has 11 aromatic carbocycles. The zero-order chi connectivity index (χ0) is 49.6. The van der Waals surface area contributed by atoms with Crippen LogP contribution in [0.3, 0.4) is 0 Å². The predicted molar refractivity (Wildman–Crippen MR) is 253 cm³/mol. The lowest BCUT2D eigenvalue weighted by Gasteiger charge is -2.26. The minimum absolute atomic E-state index is 0.0452. The highest BCUT2D eigenvalue weighted by Gasteiger charge is 2.17. The first-order valence-electron chi connectivity index (χ1n) is 25.4. The molecule has 0 N–H and O–H groups in total. The van der Waals surface area contributed by atoms with Crippen LogP contribution in [0.15, 0.2) is 236 Å². The second-order valence-corrected chi connectivity index (χ2v) is 14.3. The van der Waals surface area contributed by atoms with Gasteiger partial charge in [-0.15, -0.1) is 0 Å². The Bertz CT molecular complexity index is 3770. The van der Waals surface area contributed by atoms with E-state index in [0.29, 0.717) is 33.0 Å². The molecular weight excluding hydrogens is 711 g/mol. The fourth-order valence-corrected chi connectivity index (χ4v) is 8.09. The number of rotatable bonds is 7. The average molecular weight is 762 g/mol. The summed E-state index contributed by atoms with van der Waals surface area (Å²) in [5.41, 5.74) is 0.701. The first-order valence-corrected chi connectivity index (χ1v) is 19.4. The van der Waals surface area contributed by atoms with Gasteiger partial charge >= 0.3 is 0 Å². The monoisotopic (exact) mass is 761 g/mol. The van der Waals surface area contributed by atoms with E-state index >= 15 is 0 Å². The summed E-state index contributed by atoms with van der Waals surface area (Å²) in [6.45, 7) is 0. The summed E-state index contributed by atoms with van der Waals surface area (Å²) in [4.78, 5) is 0.875. The molecule has 0 saturated heterocycles. The van der Waals surface area contributed by atoms with Crippen molar-refractivity contribution in [1.82, 2.24) is 0 Å². The van der Waals surface area contributed by atoms with Gasteiger partial charge in [-0.2, -0.15) is 0 Å². The van der Waals surface area contributed by atoms with Crippen molar-refractivity contribution in [2.24, 2.45) is 0 Å². The molecular formula is C58H39N. The maximum atomic E-state index is 9.80. The first kappa shape index (κ1) is 24.1. The number of nitrogens with zero attached hydrogens (tertiary/aromatic N) is 1.